The maximum absolute atomic E-state index is 5.81. The van der Waals surface area contributed by atoms with Gasteiger partial charge >= 0.3 is 0 Å². The molecule has 1 aliphatic heterocycles. The zero-order valence-electron chi connectivity index (χ0n) is 11.0. The molecular formula is C15H20N2OS. The Hall–Kier alpha value is -1.13. The lowest BCUT2D eigenvalue weighted by molar-refractivity contribution is 0.172. The summed E-state index contributed by atoms with van der Waals surface area (Å²) in [5.74, 6) is 1.80. The molecule has 0 radical (unpaired) electrons. The minimum absolute atomic E-state index is 0.419. The highest BCUT2D eigenvalue weighted by atomic mass is 32.1. The quantitative estimate of drug-likeness (QED) is 0.837. The van der Waals surface area contributed by atoms with Gasteiger partial charge in [0.25, 0.3) is 0 Å². The molecular weight excluding hydrogens is 256 g/mol. The molecule has 1 heterocycles. The molecule has 3 rings (SSSR count). The summed E-state index contributed by atoms with van der Waals surface area (Å²) in [6.07, 6.45) is 4.20. The highest BCUT2D eigenvalue weighted by Crippen LogP contribution is 2.36. The molecule has 102 valence electrons. The lowest BCUT2D eigenvalue weighted by Crippen LogP contribution is -2.35. The van der Waals surface area contributed by atoms with Crippen LogP contribution in [0.4, 0.5) is 0 Å². The number of thiocarbonyl (C=S) groups is 1. The van der Waals surface area contributed by atoms with Crippen LogP contribution in [0.5, 0.6) is 5.75 Å². The summed E-state index contributed by atoms with van der Waals surface area (Å²) in [6, 6.07) is 8.53. The number of hydrogen-bond donors (Lipinski definition) is 1. The maximum Gasteiger partial charge on any atom is 0.120 e. The Morgan fingerprint density at radius 2 is 2.32 bits per heavy atom. The van der Waals surface area contributed by atoms with E-state index in [9.17, 15) is 0 Å². The number of fused-ring (bicyclic) bond motifs is 2. The zero-order valence-corrected chi connectivity index (χ0v) is 11.9. The molecule has 3 nitrogen and oxygen atoms in total. The van der Waals surface area contributed by atoms with Crippen LogP contribution in [0.1, 0.15) is 24.8 Å². The predicted octanol–water partition coefficient (Wildman–Crippen LogP) is 2.18. The Labute approximate surface area is 119 Å². The first-order chi connectivity index (χ1) is 9.22. The molecule has 2 bridgehead atoms. The number of rotatable bonds is 5. The van der Waals surface area contributed by atoms with Crippen LogP contribution in [0, 0.1) is 5.92 Å². The van der Waals surface area contributed by atoms with E-state index in [4.69, 9.17) is 22.7 Å². The fraction of sp³-hybridized carbons (Fsp3) is 0.533. The summed E-state index contributed by atoms with van der Waals surface area (Å²) in [7, 11) is 0. The van der Waals surface area contributed by atoms with Gasteiger partial charge in [0, 0.05) is 24.7 Å². The average Bonchev–Trinajstić information content (AvgIpc) is 3.01. The summed E-state index contributed by atoms with van der Waals surface area (Å²) in [6.45, 7) is 3.03. The summed E-state index contributed by atoms with van der Waals surface area (Å²) < 4.78 is 5.81. The summed E-state index contributed by atoms with van der Waals surface area (Å²) in [5, 5.41) is 0. The predicted molar refractivity (Wildman–Crippen MR) is 80.5 cm³/mol. The van der Waals surface area contributed by atoms with Crippen molar-refractivity contribution in [2.24, 2.45) is 11.7 Å². The third kappa shape index (κ3) is 2.90. The molecule has 0 spiro atoms. The number of benzene rings is 1. The Morgan fingerprint density at radius 1 is 1.42 bits per heavy atom. The van der Waals surface area contributed by atoms with E-state index in [0.29, 0.717) is 4.99 Å². The second kappa shape index (κ2) is 5.47. The van der Waals surface area contributed by atoms with Gasteiger partial charge in [-0.15, -0.1) is 0 Å². The minimum Gasteiger partial charge on any atom is -0.492 e. The first kappa shape index (κ1) is 12.9. The Morgan fingerprint density at radius 3 is 3.00 bits per heavy atom. The van der Waals surface area contributed by atoms with Crippen molar-refractivity contribution in [1.29, 1.82) is 0 Å². The number of hydrogen-bond acceptors (Lipinski definition) is 3. The van der Waals surface area contributed by atoms with E-state index in [-0.39, 0.29) is 0 Å². The SMILES string of the molecule is NC(=S)c1cccc(OCCN2CC3CCC2C3)c1. The fourth-order valence-corrected chi connectivity index (χ4v) is 3.45. The maximum atomic E-state index is 5.81. The summed E-state index contributed by atoms with van der Waals surface area (Å²) in [5.41, 5.74) is 6.49. The molecule has 2 N–H and O–H groups in total. The van der Waals surface area contributed by atoms with E-state index in [2.05, 4.69) is 4.90 Å². The van der Waals surface area contributed by atoms with E-state index >= 15 is 0 Å². The second-order valence-electron chi connectivity index (χ2n) is 5.57. The minimum atomic E-state index is 0.419. The molecule has 2 unspecified atom stereocenters. The molecule has 1 aromatic rings. The molecule has 0 amide bonds. The third-order valence-corrected chi connectivity index (χ3v) is 4.52. The van der Waals surface area contributed by atoms with Crippen molar-refractivity contribution in [2.75, 3.05) is 19.7 Å². The largest absolute Gasteiger partial charge is 0.492 e. The molecule has 1 saturated carbocycles. The van der Waals surface area contributed by atoms with Gasteiger partial charge in [-0.1, -0.05) is 24.4 Å². The van der Waals surface area contributed by atoms with E-state index in [1.807, 2.05) is 24.3 Å². The van der Waals surface area contributed by atoms with Gasteiger partial charge < -0.3 is 10.5 Å². The van der Waals surface area contributed by atoms with E-state index < -0.39 is 0 Å². The topological polar surface area (TPSA) is 38.5 Å². The molecule has 1 aliphatic carbocycles. The van der Waals surface area contributed by atoms with Crippen LogP contribution >= 0.6 is 12.2 Å². The molecule has 1 saturated heterocycles. The molecule has 0 aromatic heterocycles. The van der Waals surface area contributed by atoms with Crippen molar-refractivity contribution in [2.45, 2.75) is 25.3 Å². The number of likely N-dealkylation sites (tertiary alicyclic amines) is 1. The van der Waals surface area contributed by atoms with Crippen molar-refractivity contribution in [3.05, 3.63) is 29.8 Å². The Bertz CT molecular complexity index is 477. The number of nitrogens with zero attached hydrogens (tertiary/aromatic N) is 1. The number of ether oxygens (including phenoxy) is 1. The lowest BCUT2D eigenvalue weighted by atomic mass is 10.1. The third-order valence-electron chi connectivity index (χ3n) is 4.29. The summed E-state index contributed by atoms with van der Waals surface area (Å²) in [4.78, 5) is 2.99. The first-order valence-corrected chi connectivity index (χ1v) is 7.40. The second-order valence-corrected chi connectivity index (χ2v) is 6.01. The van der Waals surface area contributed by atoms with Crippen LogP contribution < -0.4 is 10.5 Å². The molecule has 1 aromatic carbocycles. The highest BCUT2D eigenvalue weighted by molar-refractivity contribution is 7.80. The van der Waals surface area contributed by atoms with Gasteiger partial charge in [-0.05, 0) is 37.3 Å². The first-order valence-electron chi connectivity index (χ1n) is 6.99. The fourth-order valence-electron chi connectivity index (χ4n) is 3.32. The molecule has 2 fully saturated rings. The Balaban J connectivity index is 1.50. The van der Waals surface area contributed by atoms with Crippen molar-refractivity contribution in [3.63, 3.8) is 0 Å². The van der Waals surface area contributed by atoms with Crippen molar-refractivity contribution < 1.29 is 4.74 Å². The molecule has 19 heavy (non-hydrogen) atoms. The number of piperidine rings is 1. The molecule has 4 heteroatoms. The van der Waals surface area contributed by atoms with Crippen LogP contribution in [0.25, 0.3) is 0 Å². The van der Waals surface area contributed by atoms with Crippen LogP contribution in [0.2, 0.25) is 0 Å². The smallest absolute Gasteiger partial charge is 0.120 e. The number of nitrogens with two attached hydrogens (primary N) is 1. The van der Waals surface area contributed by atoms with Gasteiger partial charge in [0.1, 0.15) is 17.3 Å². The monoisotopic (exact) mass is 276 g/mol. The standard InChI is InChI=1S/C15H20N2OS/c16-15(19)12-2-1-3-14(9-12)18-7-6-17-10-11-4-5-13(17)8-11/h1-3,9,11,13H,4-8,10H2,(H2,16,19). The highest BCUT2D eigenvalue weighted by Gasteiger charge is 2.37. The van der Waals surface area contributed by atoms with Crippen LogP contribution in [-0.2, 0) is 0 Å². The van der Waals surface area contributed by atoms with Crippen molar-refractivity contribution in [3.8, 4) is 5.75 Å². The van der Waals surface area contributed by atoms with Gasteiger partial charge in [-0.3, -0.25) is 4.90 Å². The summed E-state index contributed by atoms with van der Waals surface area (Å²) >= 11 is 4.97. The lowest BCUT2D eigenvalue weighted by Gasteiger charge is -2.26. The Kier molecular flexibility index (Phi) is 3.71. The normalized spacial score (nSPS) is 25.7. The van der Waals surface area contributed by atoms with Crippen molar-refractivity contribution >= 4 is 17.2 Å². The molecule has 2 atom stereocenters. The molecule has 2 aliphatic rings. The van der Waals surface area contributed by atoms with Gasteiger partial charge in [-0.2, -0.15) is 0 Å². The van der Waals surface area contributed by atoms with Gasteiger partial charge in [0.05, 0.1) is 0 Å². The van der Waals surface area contributed by atoms with Crippen molar-refractivity contribution in [1.82, 2.24) is 4.90 Å². The van der Waals surface area contributed by atoms with Crippen LogP contribution in [0.3, 0.4) is 0 Å². The van der Waals surface area contributed by atoms with Crippen LogP contribution in [0.15, 0.2) is 24.3 Å². The van der Waals surface area contributed by atoms with Gasteiger partial charge in [0.15, 0.2) is 0 Å². The van der Waals surface area contributed by atoms with E-state index in [1.165, 1.54) is 25.8 Å². The zero-order chi connectivity index (χ0) is 13.2. The average molecular weight is 276 g/mol. The van der Waals surface area contributed by atoms with Crippen LogP contribution in [-0.4, -0.2) is 35.6 Å². The van der Waals surface area contributed by atoms with E-state index in [1.54, 1.807) is 0 Å². The van der Waals surface area contributed by atoms with Gasteiger partial charge in [-0.25, -0.2) is 0 Å². The van der Waals surface area contributed by atoms with E-state index in [0.717, 1.165) is 36.4 Å². The van der Waals surface area contributed by atoms with Gasteiger partial charge in [0.2, 0.25) is 0 Å².